The maximum atomic E-state index is 12.1. The maximum Gasteiger partial charge on any atom is 0.420 e. The number of carbonyl (C=O) groups excluding carboxylic acids is 3. The van der Waals surface area contributed by atoms with Crippen LogP contribution in [0.5, 0.6) is 0 Å². The zero-order chi connectivity index (χ0) is 15.7. The van der Waals surface area contributed by atoms with Crippen molar-refractivity contribution in [2.75, 3.05) is 7.11 Å². The van der Waals surface area contributed by atoms with Crippen LogP contribution in [-0.4, -0.2) is 47.9 Å². The first-order chi connectivity index (χ1) is 9.08. The second-order valence-corrected chi connectivity index (χ2v) is 5.91. The third-order valence-electron chi connectivity index (χ3n) is 2.71. The molecular weight excluding hydrogens is 266 g/mol. The number of hydrogen-bond acceptors (Lipinski definition) is 6. The second-order valence-electron chi connectivity index (χ2n) is 5.91. The second kappa shape index (κ2) is 5.68. The number of nitrogens with zero attached hydrogens (tertiary/aromatic N) is 1. The first kappa shape index (κ1) is 16.3. The van der Waals surface area contributed by atoms with Gasteiger partial charge >= 0.3 is 18.2 Å². The summed E-state index contributed by atoms with van der Waals surface area (Å²) in [5.74, 6) is -0.851. The van der Waals surface area contributed by atoms with E-state index in [1.165, 1.54) is 7.11 Å². The van der Waals surface area contributed by atoms with E-state index in [0.717, 1.165) is 0 Å². The number of methoxy groups -OCH3 is 1. The number of imide groups is 1. The zero-order valence-electron chi connectivity index (χ0n) is 12.6. The van der Waals surface area contributed by atoms with E-state index in [-0.39, 0.29) is 5.92 Å². The number of cyclic esters (lactones) is 1. The summed E-state index contributed by atoms with van der Waals surface area (Å²) in [6, 6.07) is -1.12. The molecule has 0 bridgehead atoms. The third kappa shape index (κ3) is 3.40. The Morgan fingerprint density at radius 3 is 2.25 bits per heavy atom. The summed E-state index contributed by atoms with van der Waals surface area (Å²) >= 11 is 0. The van der Waals surface area contributed by atoms with Gasteiger partial charge in [0.05, 0.1) is 7.11 Å². The van der Waals surface area contributed by atoms with Gasteiger partial charge in [-0.05, 0) is 26.7 Å². The lowest BCUT2D eigenvalue weighted by atomic mass is 10.00. The topological polar surface area (TPSA) is 82.1 Å². The van der Waals surface area contributed by atoms with Crippen LogP contribution in [0.1, 0.15) is 34.6 Å². The minimum atomic E-state index is -1.12. The van der Waals surface area contributed by atoms with Crippen molar-refractivity contribution in [3.05, 3.63) is 0 Å². The Balaban J connectivity index is 3.05. The first-order valence-corrected chi connectivity index (χ1v) is 6.39. The fourth-order valence-corrected chi connectivity index (χ4v) is 1.86. The molecule has 0 aromatic rings. The molecular formula is C13H21NO6. The Hall–Kier alpha value is -1.79. The molecule has 0 aromatic heterocycles. The van der Waals surface area contributed by atoms with Crippen molar-refractivity contribution in [2.24, 2.45) is 5.92 Å². The molecule has 1 aliphatic heterocycles. The average molecular weight is 287 g/mol. The minimum absolute atomic E-state index is 0.143. The number of amides is 2. The van der Waals surface area contributed by atoms with E-state index in [2.05, 4.69) is 4.74 Å². The number of rotatable bonds is 2. The fraction of sp³-hybridized carbons (Fsp3) is 0.769. The molecule has 0 unspecified atom stereocenters. The Bertz CT molecular complexity index is 412. The molecule has 0 N–H and O–H groups in total. The zero-order valence-corrected chi connectivity index (χ0v) is 12.6. The summed E-state index contributed by atoms with van der Waals surface area (Å²) in [5, 5.41) is 0. The van der Waals surface area contributed by atoms with Crippen LogP contribution in [0, 0.1) is 5.92 Å². The SMILES string of the molecule is COC(=O)[C@@H]1[C@H](C(C)C)OC(=O)N1C(=O)OC(C)(C)C. The summed E-state index contributed by atoms with van der Waals surface area (Å²) in [5.41, 5.74) is -0.784. The molecule has 0 aromatic carbocycles. The first-order valence-electron chi connectivity index (χ1n) is 6.39. The lowest BCUT2D eigenvalue weighted by Crippen LogP contribution is -2.49. The maximum absolute atomic E-state index is 12.1. The van der Waals surface area contributed by atoms with Gasteiger partial charge in [-0.25, -0.2) is 14.4 Å². The Labute approximate surface area is 118 Å². The van der Waals surface area contributed by atoms with Crippen molar-refractivity contribution < 1.29 is 28.6 Å². The fourth-order valence-electron chi connectivity index (χ4n) is 1.86. The van der Waals surface area contributed by atoms with Gasteiger partial charge in [0, 0.05) is 0 Å². The van der Waals surface area contributed by atoms with Gasteiger partial charge in [0.15, 0.2) is 6.04 Å². The summed E-state index contributed by atoms with van der Waals surface area (Å²) in [6.07, 6.45) is -2.56. The highest BCUT2D eigenvalue weighted by molar-refractivity contribution is 5.96. The summed E-state index contributed by atoms with van der Waals surface area (Å²) < 4.78 is 14.9. The molecule has 1 aliphatic rings. The van der Waals surface area contributed by atoms with Gasteiger partial charge in [-0.15, -0.1) is 0 Å². The van der Waals surface area contributed by atoms with Gasteiger partial charge in [-0.3, -0.25) is 0 Å². The van der Waals surface area contributed by atoms with Crippen molar-refractivity contribution in [2.45, 2.75) is 52.4 Å². The Morgan fingerprint density at radius 2 is 1.85 bits per heavy atom. The smallest absolute Gasteiger partial charge is 0.420 e. The van der Waals surface area contributed by atoms with Gasteiger partial charge in [-0.2, -0.15) is 4.90 Å². The van der Waals surface area contributed by atoms with Gasteiger partial charge < -0.3 is 14.2 Å². The standard InChI is InChI=1S/C13H21NO6/c1-7(2)9-8(10(15)18-6)14(11(16)19-9)12(17)20-13(3,4)5/h7-9H,1-6H3/t8-,9-/m0/s1. The third-order valence-corrected chi connectivity index (χ3v) is 2.71. The van der Waals surface area contributed by atoms with E-state index in [0.29, 0.717) is 4.90 Å². The van der Waals surface area contributed by atoms with Crippen molar-refractivity contribution in [1.29, 1.82) is 0 Å². The highest BCUT2D eigenvalue weighted by Crippen LogP contribution is 2.27. The Kier molecular flexibility index (Phi) is 4.62. The normalized spacial score (nSPS) is 22.8. The van der Waals surface area contributed by atoms with Crippen LogP contribution in [0.2, 0.25) is 0 Å². The molecule has 1 fully saturated rings. The van der Waals surface area contributed by atoms with Gasteiger partial charge in [-0.1, -0.05) is 13.8 Å². The molecule has 114 valence electrons. The average Bonchev–Trinajstić information content (AvgIpc) is 2.63. The van der Waals surface area contributed by atoms with Crippen LogP contribution in [0.25, 0.3) is 0 Å². The highest BCUT2D eigenvalue weighted by Gasteiger charge is 2.52. The van der Waals surface area contributed by atoms with E-state index in [9.17, 15) is 14.4 Å². The van der Waals surface area contributed by atoms with Crippen LogP contribution in [0.15, 0.2) is 0 Å². The van der Waals surface area contributed by atoms with E-state index >= 15 is 0 Å². The van der Waals surface area contributed by atoms with Crippen LogP contribution in [-0.2, 0) is 19.0 Å². The molecule has 0 spiro atoms. The van der Waals surface area contributed by atoms with E-state index in [4.69, 9.17) is 9.47 Å². The van der Waals surface area contributed by atoms with E-state index in [1.54, 1.807) is 34.6 Å². The lowest BCUT2D eigenvalue weighted by Gasteiger charge is -2.26. The predicted octanol–water partition coefficient (Wildman–Crippen LogP) is 1.94. The van der Waals surface area contributed by atoms with Crippen molar-refractivity contribution in [3.63, 3.8) is 0 Å². The number of ether oxygens (including phenoxy) is 3. The van der Waals surface area contributed by atoms with E-state index < -0.39 is 35.9 Å². The summed E-state index contributed by atoms with van der Waals surface area (Å²) in [7, 11) is 1.19. The summed E-state index contributed by atoms with van der Waals surface area (Å²) in [6.45, 7) is 8.57. The molecule has 1 saturated heterocycles. The number of carbonyl (C=O) groups is 3. The summed E-state index contributed by atoms with van der Waals surface area (Å²) in [4.78, 5) is 36.4. The van der Waals surface area contributed by atoms with Crippen molar-refractivity contribution in [3.8, 4) is 0 Å². The van der Waals surface area contributed by atoms with E-state index in [1.807, 2.05) is 0 Å². The van der Waals surface area contributed by atoms with Crippen LogP contribution >= 0.6 is 0 Å². The lowest BCUT2D eigenvalue weighted by molar-refractivity contribution is -0.147. The molecule has 7 nitrogen and oxygen atoms in total. The van der Waals surface area contributed by atoms with Gasteiger partial charge in [0.25, 0.3) is 0 Å². The number of esters is 1. The number of hydrogen-bond donors (Lipinski definition) is 0. The molecule has 0 radical (unpaired) electrons. The molecule has 0 saturated carbocycles. The van der Waals surface area contributed by atoms with Crippen LogP contribution in [0.3, 0.4) is 0 Å². The highest BCUT2D eigenvalue weighted by atomic mass is 16.6. The predicted molar refractivity (Wildman–Crippen MR) is 69.0 cm³/mol. The molecule has 0 aliphatic carbocycles. The minimum Gasteiger partial charge on any atom is -0.467 e. The molecule has 2 amide bonds. The van der Waals surface area contributed by atoms with Crippen LogP contribution in [0.4, 0.5) is 9.59 Å². The Morgan fingerprint density at radius 1 is 1.30 bits per heavy atom. The molecule has 1 rings (SSSR count). The molecule has 20 heavy (non-hydrogen) atoms. The van der Waals surface area contributed by atoms with Crippen LogP contribution < -0.4 is 0 Å². The van der Waals surface area contributed by atoms with Gasteiger partial charge in [0.1, 0.15) is 11.7 Å². The monoisotopic (exact) mass is 287 g/mol. The molecule has 1 heterocycles. The van der Waals surface area contributed by atoms with Gasteiger partial charge in [0.2, 0.25) is 0 Å². The molecule has 7 heteroatoms. The molecule has 2 atom stereocenters. The van der Waals surface area contributed by atoms with Crippen molar-refractivity contribution in [1.82, 2.24) is 4.90 Å². The van der Waals surface area contributed by atoms with Crippen molar-refractivity contribution >= 4 is 18.2 Å². The quantitative estimate of drug-likeness (QED) is 0.570. The largest absolute Gasteiger partial charge is 0.467 e.